The Hall–Kier alpha value is -1.27. The molecule has 0 aliphatic carbocycles. The molecule has 14 nitrogen and oxygen atoms in total. The molecule has 2 aliphatic heterocycles. The van der Waals surface area contributed by atoms with Gasteiger partial charge in [0.25, 0.3) is 0 Å². The molecule has 0 aromatic rings. The quantitative estimate of drug-likeness (QED) is 0.0337. The molecule has 2 rings (SSSR count). The van der Waals surface area contributed by atoms with Crippen LogP contribution in [-0.2, 0) is 23.7 Å². The second-order valence-electron chi connectivity index (χ2n) is 16.2. The van der Waals surface area contributed by atoms with Crippen molar-refractivity contribution in [3.63, 3.8) is 0 Å². The van der Waals surface area contributed by atoms with Crippen LogP contribution in [0.5, 0.6) is 0 Å². The Kier molecular flexibility index (Phi) is 28.7. The zero-order valence-electron chi connectivity index (χ0n) is 35.1. The third-order valence-electron chi connectivity index (χ3n) is 11.2. The second-order valence-corrected chi connectivity index (χ2v) is 16.2. The number of carbonyl (C=O) groups is 1. The van der Waals surface area contributed by atoms with E-state index in [9.17, 15) is 45.6 Å². The van der Waals surface area contributed by atoms with Gasteiger partial charge >= 0.3 is 0 Å². The molecule has 0 aromatic carbocycles. The summed E-state index contributed by atoms with van der Waals surface area (Å²) < 4.78 is 22.6. The minimum atomic E-state index is -1.78. The van der Waals surface area contributed by atoms with E-state index in [0.29, 0.717) is 6.42 Å². The summed E-state index contributed by atoms with van der Waals surface area (Å²) in [5.74, 6) is -0.242. The minimum Gasteiger partial charge on any atom is -0.394 e. The molecule has 57 heavy (non-hydrogen) atoms. The molecule has 9 N–H and O–H groups in total. The number of nitrogens with one attached hydrogen (secondary N) is 1. The molecule has 4 unspecified atom stereocenters. The van der Waals surface area contributed by atoms with Crippen molar-refractivity contribution in [1.82, 2.24) is 5.32 Å². The molecule has 0 aromatic heterocycles. The zero-order chi connectivity index (χ0) is 41.8. The first-order chi connectivity index (χ1) is 27.6. The number of aliphatic hydroxyl groups is 8. The van der Waals surface area contributed by atoms with Crippen LogP contribution in [-0.4, -0.2) is 140 Å². The van der Waals surface area contributed by atoms with E-state index >= 15 is 0 Å². The van der Waals surface area contributed by atoms with Gasteiger partial charge in [-0.05, 0) is 19.3 Å². The lowest BCUT2D eigenvalue weighted by molar-refractivity contribution is -0.359. The highest BCUT2D eigenvalue weighted by Crippen LogP contribution is 2.30. The van der Waals surface area contributed by atoms with Gasteiger partial charge in [0.2, 0.25) is 5.91 Å². The molecule has 12 atom stereocenters. The molecular formula is C43H81NO13. The Balaban J connectivity index is 1.92. The van der Waals surface area contributed by atoms with Crippen LogP contribution < -0.4 is 5.32 Å². The molecule has 1 amide bonds. The molecule has 2 fully saturated rings. The molecule has 0 spiro atoms. The fourth-order valence-corrected chi connectivity index (χ4v) is 7.47. The summed E-state index contributed by atoms with van der Waals surface area (Å²) >= 11 is 0. The van der Waals surface area contributed by atoms with E-state index in [-0.39, 0.29) is 18.9 Å². The number of ether oxygens (including phenoxy) is 4. The van der Waals surface area contributed by atoms with Gasteiger partial charge < -0.3 is 65.1 Å². The van der Waals surface area contributed by atoms with E-state index in [4.69, 9.17) is 18.9 Å². The van der Waals surface area contributed by atoms with Crippen molar-refractivity contribution in [2.75, 3.05) is 19.8 Å². The summed E-state index contributed by atoms with van der Waals surface area (Å²) in [6.07, 6.45) is 12.6. The SMILES string of the molecule is CCCCCCCCCCC/C=C/[C@@H](O)[C@H](CO[C@@H]1O[C@H](CO)[C@@H](O[C@@H]2O[C@H](CO)[C@H](O)C(O)C2O)C(O)C1O)NC(=O)CCCCCCCCCCCCCC. The highest BCUT2D eigenvalue weighted by Gasteiger charge is 2.50. The largest absolute Gasteiger partial charge is 0.394 e. The summed E-state index contributed by atoms with van der Waals surface area (Å²) in [7, 11) is 0. The summed E-state index contributed by atoms with van der Waals surface area (Å²) in [5, 5.41) is 86.3. The second kappa shape index (κ2) is 31.6. The van der Waals surface area contributed by atoms with Crippen LogP contribution >= 0.6 is 0 Å². The topological polar surface area (TPSA) is 228 Å². The summed E-state index contributed by atoms with van der Waals surface area (Å²) in [5.41, 5.74) is 0. The van der Waals surface area contributed by atoms with Gasteiger partial charge in [0.15, 0.2) is 12.6 Å². The minimum absolute atomic E-state index is 0.242. The van der Waals surface area contributed by atoms with Crippen molar-refractivity contribution < 1.29 is 64.6 Å². The standard InChI is InChI=1S/C43H81NO13/c1-3-5-7-9-11-13-15-17-19-21-23-25-27-35(48)44-31(32(47)26-24-22-20-18-16-14-12-10-8-6-4-2)30-54-42-40(53)38(51)41(34(29-46)56-42)57-43-39(52)37(50)36(49)33(28-45)55-43/h24,26,31-34,36-43,45-47,49-53H,3-23,25,27-30H2,1-2H3,(H,44,48)/b26-24+/t31-,32+,33+,34+,36-,37?,38?,39?,40?,41+,42+,43-/m0/s1. The predicted molar refractivity (Wildman–Crippen MR) is 217 cm³/mol. The smallest absolute Gasteiger partial charge is 0.220 e. The number of carbonyl (C=O) groups excluding carboxylic acids is 1. The maximum Gasteiger partial charge on any atom is 0.220 e. The van der Waals surface area contributed by atoms with E-state index in [2.05, 4.69) is 19.2 Å². The Bertz CT molecular complexity index is 1020. The predicted octanol–water partition coefficient (Wildman–Crippen LogP) is 4.04. The van der Waals surface area contributed by atoms with Gasteiger partial charge in [0, 0.05) is 6.42 Å². The van der Waals surface area contributed by atoms with Crippen molar-refractivity contribution >= 4 is 5.91 Å². The average Bonchev–Trinajstić information content (AvgIpc) is 3.21. The number of hydrogen-bond acceptors (Lipinski definition) is 13. The van der Waals surface area contributed by atoms with Gasteiger partial charge in [0.1, 0.15) is 48.8 Å². The lowest BCUT2D eigenvalue weighted by atomic mass is 9.97. The van der Waals surface area contributed by atoms with E-state index in [0.717, 1.165) is 38.5 Å². The van der Waals surface area contributed by atoms with Gasteiger partial charge in [-0.3, -0.25) is 4.79 Å². The van der Waals surface area contributed by atoms with Gasteiger partial charge in [0.05, 0.1) is 32.0 Å². The van der Waals surface area contributed by atoms with Gasteiger partial charge in [-0.25, -0.2) is 0 Å². The number of unbranched alkanes of at least 4 members (excludes halogenated alkanes) is 20. The molecule has 2 heterocycles. The molecule has 2 aliphatic rings. The highest BCUT2D eigenvalue weighted by molar-refractivity contribution is 5.76. The third kappa shape index (κ3) is 20.2. The van der Waals surface area contributed by atoms with Crippen LogP contribution in [0, 0.1) is 0 Å². The van der Waals surface area contributed by atoms with Crippen LogP contribution in [0.4, 0.5) is 0 Å². The Morgan fingerprint density at radius 2 is 1.09 bits per heavy atom. The van der Waals surface area contributed by atoms with Crippen molar-refractivity contribution in [3.05, 3.63) is 12.2 Å². The Morgan fingerprint density at radius 3 is 1.61 bits per heavy atom. The molecule has 0 radical (unpaired) electrons. The van der Waals surface area contributed by atoms with E-state index in [1.165, 1.54) is 96.3 Å². The van der Waals surface area contributed by atoms with E-state index in [1.54, 1.807) is 6.08 Å². The maximum atomic E-state index is 13.1. The first-order valence-electron chi connectivity index (χ1n) is 22.4. The molecule has 2 saturated heterocycles. The van der Waals surface area contributed by atoms with Gasteiger partial charge in [-0.15, -0.1) is 0 Å². The van der Waals surface area contributed by atoms with Crippen LogP contribution in [0.1, 0.15) is 162 Å². The van der Waals surface area contributed by atoms with Gasteiger partial charge in [-0.1, -0.05) is 148 Å². The monoisotopic (exact) mass is 820 g/mol. The van der Waals surface area contributed by atoms with Crippen molar-refractivity contribution in [2.24, 2.45) is 0 Å². The van der Waals surface area contributed by atoms with Crippen molar-refractivity contribution in [3.8, 4) is 0 Å². The van der Waals surface area contributed by atoms with Crippen LogP contribution in [0.25, 0.3) is 0 Å². The molecule has 0 bridgehead atoms. The number of hydrogen-bond donors (Lipinski definition) is 9. The van der Waals surface area contributed by atoms with Crippen LogP contribution in [0.2, 0.25) is 0 Å². The fraction of sp³-hybridized carbons (Fsp3) is 0.930. The highest BCUT2D eigenvalue weighted by atomic mass is 16.7. The lowest BCUT2D eigenvalue weighted by Crippen LogP contribution is -2.65. The summed E-state index contributed by atoms with van der Waals surface area (Å²) in [4.78, 5) is 13.1. The molecule has 14 heteroatoms. The normalized spacial score (nSPS) is 29.2. The van der Waals surface area contributed by atoms with Crippen molar-refractivity contribution in [2.45, 2.75) is 235 Å². The number of amides is 1. The number of aliphatic hydroxyl groups excluding tert-OH is 8. The van der Waals surface area contributed by atoms with Crippen LogP contribution in [0.3, 0.4) is 0 Å². The third-order valence-corrected chi connectivity index (χ3v) is 11.2. The number of rotatable bonds is 33. The van der Waals surface area contributed by atoms with Crippen molar-refractivity contribution in [1.29, 1.82) is 0 Å². The number of allylic oxidation sites excluding steroid dienone is 1. The molecule has 0 saturated carbocycles. The zero-order valence-corrected chi connectivity index (χ0v) is 35.1. The average molecular weight is 820 g/mol. The van der Waals surface area contributed by atoms with Gasteiger partial charge in [-0.2, -0.15) is 0 Å². The van der Waals surface area contributed by atoms with Crippen LogP contribution in [0.15, 0.2) is 12.2 Å². The summed E-state index contributed by atoms with van der Waals surface area (Å²) in [6.45, 7) is 2.74. The molecule has 336 valence electrons. The first-order valence-corrected chi connectivity index (χ1v) is 22.4. The van der Waals surface area contributed by atoms with E-state index < -0.39 is 86.8 Å². The summed E-state index contributed by atoms with van der Waals surface area (Å²) in [6, 6.07) is -0.905. The first kappa shape index (κ1) is 51.9. The molecular weight excluding hydrogens is 738 g/mol. The Morgan fingerprint density at radius 1 is 0.614 bits per heavy atom. The van der Waals surface area contributed by atoms with E-state index in [1.807, 2.05) is 6.08 Å². The maximum absolute atomic E-state index is 13.1. The fourth-order valence-electron chi connectivity index (χ4n) is 7.47. The lowest BCUT2D eigenvalue weighted by Gasteiger charge is -2.46. The Labute approximate surface area is 342 Å².